The molecule has 0 aliphatic heterocycles. The van der Waals surface area contributed by atoms with E-state index in [4.69, 9.17) is 0 Å². The van der Waals surface area contributed by atoms with Gasteiger partial charge in [0.15, 0.2) is 0 Å². The summed E-state index contributed by atoms with van der Waals surface area (Å²) in [6, 6.07) is 10.2. The van der Waals surface area contributed by atoms with Gasteiger partial charge in [-0.2, -0.15) is 0 Å². The summed E-state index contributed by atoms with van der Waals surface area (Å²) in [4.78, 5) is 12.4. The average Bonchev–Trinajstić information content (AvgIpc) is 3.25. The molecule has 2 aliphatic rings. The van der Waals surface area contributed by atoms with Gasteiger partial charge in [-0.25, -0.2) is 0 Å². The highest BCUT2D eigenvalue weighted by Crippen LogP contribution is 2.48. The van der Waals surface area contributed by atoms with E-state index in [9.17, 15) is 4.79 Å². The van der Waals surface area contributed by atoms with Gasteiger partial charge in [0, 0.05) is 12.3 Å². The number of rotatable bonds is 4. The molecule has 0 unspecified atom stereocenters. The molecule has 4 nitrogen and oxygen atoms in total. The molecule has 5 heteroatoms. The summed E-state index contributed by atoms with van der Waals surface area (Å²) in [6.07, 6.45) is 5.61. The van der Waals surface area contributed by atoms with Gasteiger partial charge in [-0.1, -0.05) is 48.1 Å². The molecular weight excluding hydrogens is 294 g/mol. The number of fused-ring (bicyclic) bond motifs is 2. The minimum absolute atomic E-state index is 0.148. The SMILES string of the molecule is O=C(Nc1nnc(Cc2ccccc2)s1)[C@@H]1C[C@H]2CC[C@H]1C2. The molecule has 3 atom stereocenters. The molecule has 4 rings (SSSR count). The molecule has 2 aromatic rings. The molecule has 2 aliphatic carbocycles. The molecule has 114 valence electrons. The van der Waals surface area contributed by atoms with Crippen molar-refractivity contribution < 1.29 is 4.79 Å². The molecular formula is C17H19N3OS. The first-order valence-electron chi connectivity index (χ1n) is 7.95. The normalized spacial score (nSPS) is 26.3. The average molecular weight is 313 g/mol. The zero-order valence-electron chi connectivity index (χ0n) is 12.4. The van der Waals surface area contributed by atoms with E-state index in [1.807, 2.05) is 18.2 Å². The predicted molar refractivity (Wildman–Crippen MR) is 86.7 cm³/mol. The van der Waals surface area contributed by atoms with Crippen molar-refractivity contribution in [2.45, 2.75) is 32.1 Å². The van der Waals surface area contributed by atoms with Gasteiger partial charge in [0.1, 0.15) is 5.01 Å². The number of hydrogen-bond acceptors (Lipinski definition) is 4. The Morgan fingerprint density at radius 3 is 2.77 bits per heavy atom. The first kappa shape index (κ1) is 13.9. The molecule has 0 radical (unpaired) electrons. The van der Waals surface area contributed by atoms with E-state index < -0.39 is 0 Å². The van der Waals surface area contributed by atoms with Crippen molar-refractivity contribution in [2.24, 2.45) is 17.8 Å². The summed E-state index contributed by atoms with van der Waals surface area (Å²) in [6.45, 7) is 0. The van der Waals surface area contributed by atoms with Gasteiger partial charge < -0.3 is 5.32 Å². The number of nitrogens with one attached hydrogen (secondary N) is 1. The van der Waals surface area contributed by atoms with Gasteiger partial charge in [-0.15, -0.1) is 10.2 Å². The summed E-state index contributed by atoms with van der Waals surface area (Å²) < 4.78 is 0. The Balaban J connectivity index is 1.38. The molecule has 2 fully saturated rings. The monoisotopic (exact) mass is 313 g/mol. The number of carbonyl (C=O) groups excluding carboxylic acids is 1. The van der Waals surface area contributed by atoms with Crippen LogP contribution in [0.3, 0.4) is 0 Å². The van der Waals surface area contributed by atoms with Crippen LogP contribution in [0.2, 0.25) is 0 Å². The van der Waals surface area contributed by atoms with E-state index in [0.717, 1.165) is 23.8 Å². The Hall–Kier alpha value is -1.75. The second kappa shape index (κ2) is 5.80. The van der Waals surface area contributed by atoms with Crippen molar-refractivity contribution in [3.8, 4) is 0 Å². The van der Waals surface area contributed by atoms with Crippen LogP contribution in [0.25, 0.3) is 0 Å². The number of carbonyl (C=O) groups is 1. The fraction of sp³-hybridized carbons (Fsp3) is 0.471. The highest BCUT2D eigenvalue weighted by atomic mass is 32.1. The van der Waals surface area contributed by atoms with E-state index in [1.54, 1.807) is 0 Å². The minimum atomic E-state index is 0.148. The van der Waals surface area contributed by atoms with Crippen molar-refractivity contribution in [3.05, 3.63) is 40.9 Å². The van der Waals surface area contributed by atoms with E-state index in [-0.39, 0.29) is 11.8 Å². The number of benzene rings is 1. The largest absolute Gasteiger partial charge is 0.300 e. The number of aromatic nitrogens is 2. The quantitative estimate of drug-likeness (QED) is 0.940. The zero-order valence-corrected chi connectivity index (χ0v) is 13.2. The lowest BCUT2D eigenvalue weighted by atomic mass is 9.88. The fourth-order valence-electron chi connectivity index (χ4n) is 3.91. The predicted octanol–water partition coefficient (Wildman–Crippen LogP) is 3.50. The lowest BCUT2D eigenvalue weighted by molar-refractivity contribution is -0.121. The summed E-state index contributed by atoms with van der Waals surface area (Å²) in [5, 5.41) is 12.9. The summed E-state index contributed by atoms with van der Waals surface area (Å²) in [5.41, 5.74) is 1.21. The van der Waals surface area contributed by atoms with Crippen LogP contribution in [0.5, 0.6) is 0 Å². The number of nitrogens with zero attached hydrogens (tertiary/aromatic N) is 2. The van der Waals surface area contributed by atoms with Gasteiger partial charge in [-0.3, -0.25) is 4.79 Å². The maximum atomic E-state index is 12.4. The van der Waals surface area contributed by atoms with Crippen molar-refractivity contribution in [3.63, 3.8) is 0 Å². The molecule has 1 N–H and O–H groups in total. The van der Waals surface area contributed by atoms with Crippen LogP contribution in [0.15, 0.2) is 30.3 Å². The Morgan fingerprint density at radius 2 is 2.05 bits per heavy atom. The molecule has 2 bridgehead atoms. The molecule has 1 heterocycles. The Kier molecular flexibility index (Phi) is 3.66. The number of amides is 1. The topological polar surface area (TPSA) is 54.9 Å². The molecule has 1 amide bonds. The lowest BCUT2D eigenvalue weighted by Crippen LogP contribution is -2.27. The van der Waals surface area contributed by atoms with Crippen LogP contribution in [-0.4, -0.2) is 16.1 Å². The molecule has 1 aromatic carbocycles. The minimum Gasteiger partial charge on any atom is -0.300 e. The van der Waals surface area contributed by atoms with Crippen molar-refractivity contribution >= 4 is 22.4 Å². The second-order valence-electron chi connectivity index (χ2n) is 6.43. The van der Waals surface area contributed by atoms with Crippen LogP contribution in [0.4, 0.5) is 5.13 Å². The Morgan fingerprint density at radius 1 is 1.18 bits per heavy atom. The molecule has 22 heavy (non-hydrogen) atoms. The summed E-state index contributed by atoms with van der Waals surface area (Å²) in [7, 11) is 0. The van der Waals surface area contributed by atoms with Crippen molar-refractivity contribution in [2.75, 3.05) is 5.32 Å². The highest BCUT2D eigenvalue weighted by molar-refractivity contribution is 7.15. The Bertz CT molecular complexity index is 670. The van der Waals surface area contributed by atoms with Gasteiger partial charge >= 0.3 is 0 Å². The smallest absolute Gasteiger partial charge is 0.229 e. The Labute approximate surface area is 134 Å². The maximum Gasteiger partial charge on any atom is 0.229 e. The van der Waals surface area contributed by atoms with E-state index >= 15 is 0 Å². The number of anilines is 1. The van der Waals surface area contributed by atoms with Crippen LogP contribution in [-0.2, 0) is 11.2 Å². The number of hydrogen-bond donors (Lipinski definition) is 1. The van der Waals surface area contributed by atoms with Crippen LogP contribution >= 0.6 is 11.3 Å². The van der Waals surface area contributed by atoms with Crippen LogP contribution in [0.1, 0.15) is 36.3 Å². The first-order chi connectivity index (χ1) is 10.8. The van der Waals surface area contributed by atoms with Gasteiger partial charge in [0.25, 0.3) is 0 Å². The third-order valence-electron chi connectivity index (χ3n) is 4.97. The van der Waals surface area contributed by atoms with Crippen LogP contribution in [0, 0.1) is 17.8 Å². The van der Waals surface area contributed by atoms with Crippen molar-refractivity contribution in [1.29, 1.82) is 0 Å². The van der Waals surface area contributed by atoms with E-state index in [0.29, 0.717) is 11.0 Å². The lowest BCUT2D eigenvalue weighted by Gasteiger charge is -2.19. The fourth-order valence-corrected chi connectivity index (χ4v) is 4.69. The molecule has 2 saturated carbocycles. The van der Waals surface area contributed by atoms with Gasteiger partial charge in [-0.05, 0) is 36.7 Å². The standard InChI is InChI=1S/C17H19N3OS/c21-16(14-9-12-6-7-13(14)8-12)18-17-20-19-15(22-17)10-11-4-2-1-3-5-11/h1-5,12-14H,6-10H2,(H,18,20,21)/t12-,13-,14+/m0/s1. The third kappa shape index (κ3) is 2.77. The molecule has 0 spiro atoms. The summed E-state index contributed by atoms with van der Waals surface area (Å²) >= 11 is 1.48. The van der Waals surface area contributed by atoms with E-state index in [1.165, 1.54) is 36.2 Å². The van der Waals surface area contributed by atoms with Crippen LogP contribution < -0.4 is 5.32 Å². The molecule has 1 aromatic heterocycles. The molecule has 0 saturated heterocycles. The van der Waals surface area contributed by atoms with Gasteiger partial charge in [0.05, 0.1) is 0 Å². The third-order valence-corrected chi connectivity index (χ3v) is 5.81. The second-order valence-corrected chi connectivity index (χ2v) is 7.50. The van der Waals surface area contributed by atoms with Gasteiger partial charge in [0.2, 0.25) is 11.0 Å². The zero-order chi connectivity index (χ0) is 14.9. The summed E-state index contributed by atoms with van der Waals surface area (Å²) in [5.74, 6) is 1.72. The van der Waals surface area contributed by atoms with Crippen molar-refractivity contribution in [1.82, 2.24) is 10.2 Å². The first-order valence-corrected chi connectivity index (χ1v) is 8.77. The highest BCUT2D eigenvalue weighted by Gasteiger charge is 2.43. The maximum absolute atomic E-state index is 12.4. The van der Waals surface area contributed by atoms with E-state index in [2.05, 4.69) is 27.6 Å².